The van der Waals surface area contributed by atoms with E-state index in [0.29, 0.717) is 11.5 Å². The molecule has 0 aliphatic carbocycles. The summed E-state index contributed by atoms with van der Waals surface area (Å²) in [6.45, 7) is 2.22. The number of nitrogens with zero attached hydrogens (tertiary/aromatic N) is 2. The number of hydrogen-bond acceptors (Lipinski definition) is 4. The second-order valence-corrected chi connectivity index (χ2v) is 6.18. The van der Waals surface area contributed by atoms with Gasteiger partial charge in [-0.1, -0.05) is 0 Å². The van der Waals surface area contributed by atoms with Crippen LogP contribution in [0.3, 0.4) is 0 Å². The molecule has 0 unspecified atom stereocenters. The normalized spacial score (nSPS) is 17.1. The zero-order valence-corrected chi connectivity index (χ0v) is 11.6. The van der Waals surface area contributed by atoms with E-state index in [1.807, 2.05) is 6.07 Å². The summed E-state index contributed by atoms with van der Waals surface area (Å²) >= 11 is 1.64. The van der Waals surface area contributed by atoms with E-state index in [0.717, 1.165) is 41.2 Å². The molecule has 2 aromatic rings. The molecule has 0 radical (unpaired) electrons. The van der Waals surface area contributed by atoms with E-state index in [9.17, 15) is 4.79 Å². The number of aromatic carboxylic acids is 1. The Bertz CT molecular complexity index is 621. The van der Waals surface area contributed by atoms with Crippen molar-refractivity contribution in [3.63, 3.8) is 0 Å². The average Bonchev–Trinajstić information content (AvgIpc) is 2.82. The van der Waals surface area contributed by atoms with E-state index in [1.165, 1.54) is 0 Å². The van der Waals surface area contributed by atoms with Gasteiger partial charge in [0.1, 0.15) is 0 Å². The van der Waals surface area contributed by atoms with Crippen LogP contribution in [0.15, 0.2) is 18.2 Å². The number of hydrogen-bond donors (Lipinski definition) is 1. The molecule has 1 aliphatic heterocycles. The van der Waals surface area contributed by atoms with Crippen molar-refractivity contribution in [1.29, 1.82) is 0 Å². The van der Waals surface area contributed by atoms with E-state index >= 15 is 0 Å². The van der Waals surface area contributed by atoms with Gasteiger partial charge in [0.25, 0.3) is 0 Å². The molecule has 102 valence electrons. The second-order valence-electron chi connectivity index (χ2n) is 5.12. The van der Waals surface area contributed by atoms with Crippen molar-refractivity contribution in [3.8, 4) is 0 Å². The summed E-state index contributed by atoms with van der Waals surface area (Å²) in [5.74, 6) is -0.349. The Morgan fingerprint density at radius 2 is 2.10 bits per heavy atom. The third-order valence-corrected chi connectivity index (χ3v) is 4.90. The maximum atomic E-state index is 11.0. The van der Waals surface area contributed by atoms with Crippen molar-refractivity contribution >= 4 is 46.4 Å². The maximum absolute atomic E-state index is 11.0. The summed E-state index contributed by atoms with van der Waals surface area (Å²) in [5.41, 5.74) is 1.26. The first-order valence-electron chi connectivity index (χ1n) is 6.46. The van der Waals surface area contributed by atoms with Gasteiger partial charge in [-0.25, -0.2) is 9.78 Å². The van der Waals surface area contributed by atoms with Crippen LogP contribution in [0.4, 0.5) is 0 Å². The monoisotopic (exact) mass is 284 g/mol. The zero-order valence-electron chi connectivity index (χ0n) is 10.8. The number of fused-ring (bicyclic) bond motifs is 1. The quantitative estimate of drug-likeness (QED) is 0.859. The number of thiazole rings is 1. The van der Waals surface area contributed by atoms with Gasteiger partial charge in [0.15, 0.2) is 0 Å². The van der Waals surface area contributed by atoms with E-state index < -0.39 is 5.97 Å². The fraction of sp³-hybridized carbons (Fsp3) is 0.429. The Labute approximate surface area is 134 Å². The molecule has 1 aliphatic rings. The molecular formula is C14H17LiN2O2S. The first kappa shape index (κ1) is 15.5. The Hall–Kier alpha value is -0.863. The molecule has 1 fully saturated rings. The van der Waals surface area contributed by atoms with E-state index in [2.05, 4.69) is 16.9 Å². The summed E-state index contributed by atoms with van der Waals surface area (Å²) < 4.78 is 0.980. The van der Waals surface area contributed by atoms with E-state index in [1.54, 1.807) is 23.5 Å². The van der Waals surface area contributed by atoms with Crippen molar-refractivity contribution < 1.29 is 9.90 Å². The molecule has 0 spiro atoms. The van der Waals surface area contributed by atoms with Crippen molar-refractivity contribution in [2.45, 2.75) is 18.8 Å². The number of aromatic nitrogens is 1. The van der Waals surface area contributed by atoms with Gasteiger partial charge in [0.05, 0.1) is 20.8 Å². The van der Waals surface area contributed by atoms with Gasteiger partial charge in [0, 0.05) is 5.92 Å². The van der Waals surface area contributed by atoms with Crippen LogP contribution < -0.4 is 0 Å². The van der Waals surface area contributed by atoms with Crippen LogP contribution in [0.2, 0.25) is 0 Å². The van der Waals surface area contributed by atoms with Gasteiger partial charge < -0.3 is 10.0 Å². The summed E-state index contributed by atoms with van der Waals surface area (Å²) in [6, 6.07) is 5.17. The Morgan fingerprint density at radius 1 is 1.40 bits per heavy atom. The molecule has 3 rings (SSSR count). The third kappa shape index (κ3) is 3.07. The Morgan fingerprint density at radius 3 is 2.75 bits per heavy atom. The molecule has 20 heavy (non-hydrogen) atoms. The molecular weight excluding hydrogens is 267 g/mol. The SMILES string of the molecule is CN1CCC(c2nc3ccc(C(=O)O)cc3s2)CC1.[LiH]. The molecule has 0 amide bonds. The van der Waals surface area contributed by atoms with Crippen molar-refractivity contribution in [3.05, 3.63) is 28.8 Å². The Kier molecular flexibility index (Phi) is 4.87. The summed E-state index contributed by atoms with van der Waals surface area (Å²) in [4.78, 5) is 18.0. The van der Waals surface area contributed by atoms with Crippen LogP contribution in [0.25, 0.3) is 10.2 Å². The molecule has 4 nitrogen and oxygen atoms in total. The first-order valence-corrected chi connectivity index (χ1v) is 7.27. The number of benzene rings is 1. The van der Waals surface area contributed by atoms with Crippen LogP contribution in [-0.2, 0) is 0 Å². The molecule has 1 aromatic carbocycles. The van der Waals surface area contributed by atoms with Gasteiger partial charge in [-0.2, -0.15) is 0 Å². The predicted molar refractivity (Wildman–Crippen MR) is 83.2 cm³/mol. The van der Waals surface area contributed by atoms with Crippen molar-refractivity contribution in [2.75, 3.05) is 20.1 Å². The molecule has 1 N–H and O–H groups in total. The molecule has 1 saturated heterocycles. The van der Waals surface area contributed by atoms with Gasteiger partial charge in [-0.3, -0.25) is 0 Å². The molecule has 1 aromatic heterocycles. The predicted octanol–water partition coefficient (Wildman–Crippen LogP) is 2.16. The number of carboxylic acids is 1. The van der Waals surface area contributed by atoms with Gasteiger partial charge in [-0.05, 0) is 51.2 Å². The number of piperidine rings is 1. The van der Waals surface area contributed by atoms with E-state index in [4.69, 9.17) is 5.11 Å². The minimum atomic E-state index is -0.879. The minimum absolute atomic E-state index is 0. The molecule has 0 bridgehead atoms. The van der Waals surface area contributed by atoms with Crippen LogP contribution in [0.5, 0.6) is 0 Å². The van der Waals surface area contributed by atoms with Crippen molar-refractivity contribution in [1.82, 2.24) is 9.88 Å². The molecule has 2 heterocycles. The van der Waals surface area contributed by atoms with Crippen LogP contribution in [-0.4, -0.2) is 60.0 Å². The second kappa shape index (κ2) is 6.27. The third-order valence-electron chi connectivity index (χ3n) is 3.72. The van der Waals surface area contributed by atoms with Crippen LogP contribution in [0, 0.1) is 0 Å². The van der Waals surface area contributed by atoms with Crippen molar-refractivity contribution in [2.24, 2.45) is 0 Å². The van der Waals surface area contributed by atoms with Gasteiger partial charge in [0.2, 0.25) is 0 Å². The zero-order chi connectivity index (χ0) is 13.4. The number of carboxylic acid groups (broad SMARTS) is 1. The van der Waals surface area contributed by atoms with Crippen LogP contribution in [0.1, 0.15) is 34.1 Å². The van der Waals surface area contributed by atoms with Gasteiger partial charge >= 0.3 is 24.8 Å². The number of carbonyl (C=O) groups is 1. The first-order chi connectivity index (χ1) is 9.13. The van der Waals surface area contributed by atoms with Gasteiger partial charge in [-0.15, -0.1) is 11.3 Å². The fourth-order valence-corrected chi connectivity index (χ4v) is 3.68. The molecule has 6 heteroatoms. The standard InChI is InChI=1S/C14H16N2O2S.Li.H/c1-16-6-4-9(5-7-16)13-15-11-3-2-10(14(17)18)8-12(11)19-13;;/h2-3,8-9H,4-7H2,1H3,(H,17,18);;. The number of likely N-dealkylation sites (tertiary alicyclic amines) is 1. The molecule has 0 atom stereocenters. The molecule has 0 saturated carbocycles. The summed E-state index contributed by atoms with van der Waals surface area (Å²) in [5, 5.41) is 10.2. The van der Waals surface area contributed by atoms with E-state index in [-0.39, 0.29) is 18.9 Å². The Balaban J connectivity index is 0.00000147. The summed E-state index contributed by atoms with van der Waals surface area (Å²) in [6.07, 6.45) is 2.28. The topological polar surface area (TPSA) is 53.4 Å². The number of rotatable bonds is 2. The fourth-order valence-electron chi connectivity index (χ4n) is 2.51. The summed E-state index contributed by atoms with van der Waals surface area (Å²) in [7, 11) is 2.15. The van der Waals surface area contributed by atoms with Crippen LogP contribution >= 0.6 is 11.3 Å². The average molecular weight is 284 g/mol.